The van der Waals surface area contributed by atoms with Crippen molar-refractivity contribution in [3.05, 3.63) is 133 Å². The Labute approximate surface area is 219 Å². The van der Waals surface area contributed by atoms with E-state index in [4.69, 9.17) is 0 Å². The van der Waals surface area contributed by atoms with E-state index in [1.165, 1.54) is 0 Å². The number of hydrogen-bond donors (Lipinski definition) is 0. The van der Waals surface area contributed by atoms with Gasteiger partial charge in [0.25, 0.3) is 0 Å². The van der Waals surface area contributed by atoms with Crippen LogP contribution >= 0.6 is 11.3 Å². The minimum atomic E-state index is 0.917. The van der Waals surface area contributed by atoms with Crippen molar-refractivity contribution < 1.29 is 0 Å². The zero-order valence-electron chi connectivity index (χ0n) is 19.9. The van der Waals surface area contributed by atoms with Crippen LogP contribution in [0.3, 0.4) is 0 Å². The molecule has 6 aromatic rings. The van der Waals surface area contributed by atoms with Crippen LogP contribution in [-0.2, 0) is 0 Å². The van der Waals surface area contributed by atoms with Crippen LogP contribution in [-0.4, -0.2) is 10.2 Å². The van der Waals surface area contributed by atoms with Gasteiger partial charge < -0.3 is 9.80 Å². The predicted octanol–water partition coefficient (Wildman–Crippen LogP) is 9.13. The summed E-state index contributed by atoms with van der Waals surface area (Å²) in [7, 11) is 0. The summed E-state index contributed by atoms with van der Waals surface area (Å²) in [4.78, 5) is 4.67. The first-order valence-corrected chi connectivity index (χ1v) is 13.0. The smallest absolute Gasteiger partial charge is 0.148 e. The Morgan fingerprint density at radius 2 is 0.757 bits per heavy atom. The first kappa shape index (κ1) is 21.5. The van der Waals surface area contributed by atoms with Crippen molar-refractivity contribution in [2.75, 3.05) is 9.80 Å². The minimum absolute atomic E-state index is 0.917. The molecule has 0 unspecified atom stereocenters. The van der Waals surface area contributed by atoms with Crippen LogP contribution in [0.1, 0.15) is 0 Å². The second-order valence-corrected chi connectivity index (χ2v) is 9.79. The summed E-state index contributed by atoms with van der Waals surface area (Å²) in [6.45, 7) is 0. The molecule has 2 heterocycles. The van der Waals surface area contributed by atoms with Gasteiger partial charge in [0.1, 0.15) is 10.0 Å². The van der Waals surface area contributed by atoms with Gasteiger partial charge in [0.2, 0.25) is 0 Å². The second-order valence-electron chi connectivity index (χ2n) is 8.81. The van der Waals surface area contributed by atoms with E-state index in [1.807, 2.05) is 18.2 Å². The number of rotatable bonds is 4. The molecule has 0 fully saturated rings. The second kappa shape index (κ2) is 9.04. The summed E-state index contributed by atoms with van der Waals surface area (Å²) in [6, 6.07) is 46.5. The lowest BCUT2D eigenvalue weighted by molar-refractivity contribution is 1.10. The Kier molecular flexibility index (Phi) is 5.26. The molecule has 0 aliphatic carbocycles. The normalized spacial score (nSPS) is 12.2. The Balaban J connectivity index is 1.30. The number of benzene rings is 5. The van der Waals surface area contributed by atoms with Crippen molar-refractivity contribution in [3.63, 3.8) is 0 Å². The molecule has 0 saturated heterocycles. The quantitative estimate of drug-likeness (QED) is 0.244. The number of nitrogens with zero attached hydrogens (tertiary/aromatic N) is 4. The SMILES string of the molecule is c1ccc(-c2nnc(-c3ccc(N4c5ccccc5N(c5ccccc5)c5ccccc54)cc3)s2)cc1. The van der Waals surface area contributed by atoms with Crippen molar-refractivity contribution in [2.24, 2.45) is 0 Å². The number of para-hydroxylation sites is 5. The molecule has 0 radical (unpaired) electrons. The van der Waals surface area contributed by atoms with Crippen LogP contribution in [0.15, 0.2) is 133 Å². The van der Waals surface area contributed by atoms with Crippen LogP contribution < -0.4 is 9.80 Å². The molecule has 0 N–H and O–H groups in total. The van der Waals surface area contributed by atoms with Gasteiger partial charge in [-0.15, -0.1) is 10.2 Å². The maximum atomic E-state index is 4.47. The molecule has 1 aromatic heterocycles. The highest BCUT2D eigenvalue weighted by Gasteiger charge is 2.29. The monoisotopic (exact) mass is 494 g/mol. The van der Waals surface area contributed by atoms with Gasteiger partial charge >= 0.3 is 0 Å². The molecule has 0 bridgehead atoms. The van der Waals surface area contributed by atoms with Crippen LogP contribution in [0.2, 0.25) is 0 Å². The van der Waals surface area contributed by atoms with Crippen molar-refractivity contribution in [1.82, 2.24) is 10.2 Å². The van der Waals surface area contributed by atoms with E-state index in [9.17, 15) is 0 Å². The van der Waals surface area contributed by atoms with Gasteiger partial charge in [0.15, 0.2) is 0 Å². The van der Waals surface area contributed by atoms with Gasteiger partial charge in [-0.1, -0.05) is 84.1 Å². The van der Waals surface area contributed by atoms with E-state index >= 15 is 0 Å². The molecule has 5 heteroatoms. The summed E-state index contributed by atoms with van der Waals surface area (Å²) in [6.07, 6.45) is 0. The van der Waals surface area contributed by atoms with Gasteiger partial charge in [-0.2, -0.15) is 0 Å². The first-order valence-electron chi connectivity index (χ1n) is 12.2. The summed E-state index contributed by atoms with van der Waals surface area (Å²) in [5.41, 5.74) is 8.97. The zero-order valence-corrected chi connectivity index (χ0v) is 20.7. The minimum Gasteiger partial charge on any atom is -0.306 e. The zero-order chi connectivity index (χ0) is 24.6. The lowest BCUT2D eigenvalue weighted by Crippen LogP contribution is -2.23. The fourth-order valence-corrected chi connectivity index (χ4v) is 5.72. The topological polar surface area (TPSA) is 32.3 Å². The Morgan fingerprint density at radius 3 is 1.24 bits per heavy atom. The summed E-state index contributed by atoms with van der Waals surface area (Å²) >= 11 is 1.61. The maximum absolute atomic E-state index is 4.47. The largest absolute Gasteiger partial charge is 0.306 e. The van der Waals surface area contributed by atoms with E-state index in [0.717, 1.165) is 55.3 Å². The third-order valence-corrected chi connectivity index (χ3v) is 7.58. The average Bonchev–Trinajstić information content (AvgIpc) is 3.47. The van der Waals surface area contributed by atoms with Crippen molar-refractivity contribution in [1.29, 1.82) is 0 Å². The Bertz CT molecular complexity index is 1630. The van der Waals surface area contributed by atoms with Crippen LogP contribution in [0.5, 0.6) is 0 Å². The third-order valence-electron chi connectivity index (χ3n) is 6.56. The van der Waals surface area contributed by atoms with E-state index < -0.39 is 0 Å². The van der Waals surface area contributed by atoms with Crippen LogP contribution in [0.4, 0.5) is 34.1 Å². The highest BCUT2D eigenvalue weighted by Crippen LogP contribution is 2.53. The highest BCUT2D eigenvalue weighted by atomic mass is 32.1. The van der Waals surface area contributed by atoms with E-state index in [2.05, 4.69) is 135 Å². The molecule has 0 saturated carbocycles. The van der Waals surface area contributed by atoms with Gasteiger partial charge in [-0.05, 0) is 60.7 Å². The highest BCUT2D eigenvalue weighted by molar-refractivity contribution is 7.17. The fourth-order valence-electron chi connectivity index (χ4n) is 4.87. The molecule has 5 aromatic carbocycles. The van der Waals surface area contributed by atoms with Gasteiger partial charge in [-0.3, -0.25) is 0 Å². The fraction of sp³-hybridized carbons (Fsp3) is 0. The molecule has 37 heavy (non-hydrogen) atoms. The molecule has 1 aliphatic rings. The number of fused-ring (bicyclic) bond motifs is 2. The number of hydrogen-bond acceptors (Lipinski definition) is 5. The Hall–Kier alpha value is -4.74. The summed E-state index contributed by atoms with van der Waals surface area (Å²) in [5, 5.41) is 10.7. The molecule has 176 valence electrons. The molecule has 0 atom stereocenters. The maximum Gasteiger partial charge on any atom is 0.148 e. The summed E-state index contributed by atoms with van der Waals surface area (Å²) < 4.78 is 0. The van der Waals surface area contributed by atoms with Gasteiger partial charge in [0.05, 0.1) is 22.7 Å². The molecule has 4 nitrogen and oxygen atoms in total. The first-order chi connectivity index (χ1) is 18.4. The standard InChI is InChI=1S/C32H22N4S/c1-3-11-23(12-4-1)31-33-34-32(37-31)24-19-21-26(22-20-24)36-29-17-9-7-15-27(29)35(25-13-5-2-6-14-25)28-16-8-10-18-30(28)36/h1-22H. The van der Waals surface area contributed by atoms with Crippen LogP contribution in [0.25, 0.3) is 21.1 Å². The average molecular weight is 495 g/mol. The van der Waals surface area contributed by atoms with Crippen molar-refractivity contribution in [3.8, 4) is 21.1 Å². The van der Waals surface area contributed by atoms with E-state index in [1.54, 1.807) is 11.3 Å². The van der Waals surface area contributed by atoms with Gasteiger partial charge in [0, 0.05) is 22.5 Å². The third kappa shape index (κ3) is 3.77. The van der Waals surface area contributed by atoms with Crippen molar-refractivity contribution >= 4 is 45.5 Å². The molecule has 0 amide bonds. The van der Waals surface area contributed by atoms with Crippen molar-refractivity contribution in [2.45, 2.75) is 0 Å². The molecule has 1 aliphatic heterocycles. The van der Waals surface area contributed by atoms with E-state index in [0.29, 0.717) is 0 Å². The number of anilines is 6. The Morgan fingerprint density at radius 1 is 0.378 bits per heavy atom. The molecular weight excluding hydrogens is 472 g/mol. The summed E-state index contributed by atoms with van der Waals surface area (Å²) in [5.74, 6) is 0. The lowest BCUT2D eigenvalue weighted by Gasteiger charge is -2.40. The molecule has 0 spiro atoms. The van der Waals surface area contributed by atoms with Crippen LogP contribution in [0, 0.1) is 0 Å². The number of aromatic nitrogens is 2. The molecule has 7 rings (SSSR count). The predicted molar refractivity (Wildman–Crippen MR) is 154 cm³/mol. The lowest BCUT2D eigenvalue weighted by atomic mass is 10.0. The molecular formula is C32H22N4S. The van der Waals surface area contributed by atoms with Gasteiger partial charge in [-0.25, -0.2) is 0 Å². The van der Waals surface area contributed by atoms with E-state index in [-0.39, 0.29) is 0 Å².